The number of hydrogen-bond donors (Lipinski definition) is 2. The van der Waals surface area contributed by atoms with E-state index in [1.54, 1.807) is 0 Å². The van der Waals surface area contributed by atoms with Gasteiger partial charge < -0.3 is 10.6 Å². The van der Waals surface area contributed by atoms with Gasteiger partial charge in [-0.2, -0.15) is 0 Å². The van der Waals surface area contributed by atoms with Crippen molar-refractivity contribution >= 4 is 17.8 Å². The Morgan fingerprint density at radius 3 is 2.62 bits per heavy atom. The molecule has 2 aliphatic rings. The van der Waals surface area contributed by atoms with Crippen molar-refractivity contribution in [2.45, 2.75) is 64.5 Å². The molecule has 6 nitrogen and oxygen atoms in total. The van der Waals surface area contributed by atoms with Crippen molar-refractivity contribution in [2.24, 2.45) is 5.92 Å². The molecule has 1 saturated heterocycles. The van der Waals surface area contributed by atoms with Crippen LogP contribution in [0.5, 0.6) is 0 Å². The Morgan fingerprint density at radius 1 is 1.43 bits per heavy atom. The summed E-state index contributed by atoms with van der Waals surface area (Å²) in [5, 5.41) is 5.60. The molecule has 0 bridgehead atoms. The Morgan fingerprint density at radius 2 is 2.05 bits per heavy atom. The zero-order valence-electron chi connectivity index (χ0n) is 13.1. The number of rotatable bonds is 4. The van der Waals surface area contributed by atoms with Gasteiger partial charge >= 0.3 is 6.03 Å². The summed E-state index contributed by atoms with van der Waals surface area (Å²) in [6.45, 7) is 5.84. The van der Waals surface area contributed by atoms with E-state index in [-0.39, 0.29) is 24.4 Å². The lowest BCUT2D eigenvalue weighted by atomic mass is 9.77. The topological polar surface area (TPSA) is 78.5 Å². The summed E-state index contributed by atoms with van der Waals surface area (Å²) in [5.74, 6) is 0.0656. The lowest BCUT2D eigenvalue weighted by Gasteiger charge is -2.33. The molecular weight excluding hydrogens is 270 g/mol. The molecule has 0 radical (unpaired) electrons. The van der Waals surface area contributed by atoms with Gasteiger partial charge in [-0.3, -0.25) is 14.5 Å². The van der Waals surface area contributed by atoms with Crippen LogP contribution in [0.15, 0.2) is 0 Å². The minimum atomic E-state index is -0.764. The summed E-state index contributed by atoms with van der Waals surface area (Å²) in [4.78, 5) is 37.6. The average molecular weight is 295 g/mol. The number of nitrogens with one attached hydrogen (secondary N) is 2. The predicted octanol–water partition coefficient (Wildman–Crippen LogP) is 1.40. The van der Waals surface area contributed by atoms with Gasteiger partial charge in [-0.15, -0.1) is 0 Å². The van der Waals surface area contributed by atoms with Crippen LogP contribution in [0.3, 0.4) is 0 Å². The van der Waals surface area contributed by atoms with Crippen LogP contribution >= 0.6 is 0 Å². The van der Waals surface area contributed by atoms with Gasteiger partial charge in [0.1, 0.15) is 12.1 Å². The first-order chi connectivity index (χ1) is 9.88. The molecule has 1 heterocycles. The highest BCUT2D eigenvalue weighted by molar-refractivity contribution is 6.09. The maximum Gasteiger partial charge on any atom is 0.325 e. The second-order valence-electron chi connectivity index (χ2n) is 6.46. The summed E-state index contributed by atoms with van der Waals surface area (Å²) < 4.78 is 0. The largest absolute Gasteiger partial charge is 0.352 e. The van der Waals surface area contributed by atoms with Crippen molar-refractivity contribution in [3.63, 3.8) is 0 Å². The zero-order chi connectivity index (χ0) is 15.6. The first-order valence-electron chi connectivity index (χ1n) is 7.81. The third-order valence-electron chi connectivity index (χ3n) is 4.70. The molecule has 1 saturated carbocycles. The second kappa shape index (κ2) is 6.03. The number of imide groups is 1. The zero-order valence-corrected chi connectivity index (χ0v) is 13.1. The molecule has 2 N–H and O–H groups in total. The third-order valence-corrected chi connectivity index (χ3v) is 4.70. The Kier molecular flexibility index (Phi) is 4.54. The standard InChI is InChI=1S/C15H25N3O3/c1-4-11(3)16-12(19)9-18-13(20)15(17-14(18)21)7-5-10(2)6-8-15/h10-11H,4-9H2,1-3H3,(H,16,19)(H,17,21)/t10?,11-,15?/m1/s1. The fourth-order valence-electron chi connectivity index (χ4n) is 2.98. The summed E-state index contributed by atoms with van der Waals surface area (Å²) in [7, 11) is 0. The molecule has 0 aromatic rings. The van der Waals surface area contributed by atoms with Crippen LogP contribution in [0.4, 0.5) is 4.79 Å². The summed E-state index contributed by atoms with van der Waals surface area (Å²) in [5.41, 5.74) is -0.764. The van der Waals surface area contributed by atoms with E-state index in [0.717, 1.165) is 24.2 Å². The molecule has 6 heteroatoms. The summed E-state index contributed by atoms with van der Waals surface area (Å²) in [6.07, 6.45) is 4.01. The summed E-state index contributed by atoms with van der Waals surface area (Å²) >= 11 is 0. The lowest BCUT2D eigenvalue weighted by molar-refractivity contribution is -0.136. The number of carbonyl (C=O) groups is 3. The molecule has 1 aliphatic carbocycles. The van der Waals surface area contributed by atoms with E-state index >= 15 is 0 Å². The molecular formula is C15H25N3O3. The van der Waals surface area contributed by atoms with Gasteiger partial charge in [0, 0.05) is 6.04 Å². The normalized spacial score (nSPS) is 30.4. The minimum absolute atomic E-state index is 0.0442. The van der Waals surface area contributed by atoms with Crippen LogP contribution in [0.25, 0.3) is 0 Å². The number of nitrogens with zero attached hydrogens (tertiary/aromatic N) is 1. The van der Waals surface area contributed by atoms with E-state index in [1.807, 2.05) is 13.8 Å². The Balaban J connectivity index is 2.00. The minimum Gasteiger partial charge on any atom is -0.352 e. The Labute approximate surface area is 125 Å². The van der Waals surface area contributed by atoms with Crippen LogP contribution in [0, 0.1) is 5.92 Å². The fraction of sp³-hybridized carbons (Fsp3) is 0.800. The highest BCUT2D eigenvalue weighted by atomic mass is 16.2. The molecule has 1 aliphatic heterocycles. The van der Waals surface area contributed by atoms with Crippen LogP contribution in [0.2, 0.25) is 0 Å². The van der Waals surface area contributed by atoms with Crippen LogP contribution in [-0.4, -0.2) is 40.9 Å². The van der Waals surface area contributed by atoms with Crippen molar-refractivity contribution in [1.82, 2.24) is 15.5 Å². The molecule has 4 amide bonds. The maximum absolute atomic E-state index is 12.6. The van der Waals surface area contributed by atoms with E-state index in [0.29, 0.717) is 18.8 Å². The van der Waals surface area contributed by atoms with E-state index in [9.17, 15) is 14.4 Å². The first kappa shape index (κ1) is 15.8. The summed E-state index contributed by atoms with van der Waals surface area (Å²) in [6, 6.07) is -0.392. The monoisotopic (exact) mass is 295 g/mol. The maximum atomic E-state index is 12.6. The lowest BCUT2D eigenvalue weighted by Crippen LogP contribution is -2.50. The molecule has 21 heavy (non-hydrogen) atoms. The Bertz CT molecular complexity index is 441. The second-order valence-corrected chi connectivity index (χ2v) is 6.46. The van der Waals surface area contributed by atoms with Gasteiger partial charge in [0.15, 0.2) is 0 Å². The van der Waals surface area contributed by atoms with E-state index < -0.39 is 11.6 Å². The van der Waals surface area contributed by atoms with Gasteiger partial charge in [-0.25, -0.2) is 4.79 Å². The van der Waals surface area contributed by atoms with Gasteiger partial charge in [0.25, 0.3) is 5.91 Å². The molecule has 1 spiro atoms. The quantitative estimate of drug-likeness (QED) is 0.770. The fourth-order valence-corrected chi connectivity index (χ4v) is 2.98. The number of carbonyl (C=O) groups excluding carboxylic acids is 3. The third kappa shape index (κ3) is 3.19. The van der Waals surface area contributed by atoms with Crippen LogP contribution in [-0.2, 0) is 9.59 Å². The predicted molar refractivity (Wildman–Crippen MR) is 78.5 cm³/mol. The van der Waals surface area contributed by atoms with Gasteiger partial charge in [0.2, 0.25) is 5.91 Å². The number of amides is 4. The molecule has 0 unspecified atom stereocenters. The molecule has 2 rings (SSSR count). The Hall–Kier alpha value is -1.59. The molecule has 1 atom stereocenters. The van der Waals surface area contributed by atoms with Crippen molar-refractivity contribution < 1.29 is 14.4 Å². The van der Waals surface area contributed by atoms with E-state index in [1.165, 1.54) is 0 Å². The first-order valence-corrected chi connectivity index (χ1v) is 7.81. The number of urea groups is 1. The molecule has 0 aromatic heterocycles. The van der Waals surface area contributed by atoms with Crippen molar-refractivity contribution in [3.05, 3.63) is 0 Å². The molecule has 2 fully saturated rings. The van der Waals surface area contributed by atoms with Crippen molar-refractivity contribution in [1.29, 1.82) is 0 Å². The van der Waals surface area contributed by atoms with Gasteiger partial charge in [0.05, 0.1) is 0 Å². The highest BCUT2D eigenvalue weighted by Gasteiger charge is 2.52. The van der Waals surface area contributed by atoms with E-state index in [2.05, 4.69) is 17.6 Å². The highest BCUT2D eigenvalue weighted by Crippen LogP contribution is 2.36. The van der Waals surface area contributed by atoms with Crippen LogP contribution < -0.4 is 10.6 Å². The smallest absolute Gasteiger partial charge is 0.325 e. The van der Waals surface area contributed by atoms with E-state index in [4.69, 9.17) is 0 Å². The van der Waals surface area contributed by atoms with Gasteiger partial charge in [-0.1, -0.05) is 13.8 Å². The van der Waals surface area contributed by atoms with Crippen molar-refractivity contribution in [3.8, 4) is 0 Å². The molecule has 0 aromatic carbocycles. The SMILES string of the molecule is CC[C@@H](C)NC(=O)CN1C(=O)NC2(CCC(C)CC2)C1=O. The number of hydrogen-bond acceptors (Lipinski definition) is 3. The van der Waals surface area contributed by atoms with Gasteiger partial charge in [-0.05, 0) is 44.9 Å². The van der Waals surface area contributed by atoms with Crippen molar-refractivity contribution in [2.75, 3.05) is 6.54 Å². The average Bonchev–Trinajstić information content (AvgIpc) is 2.67. The van der Waals surface area contributed by atoms with Crippen LogP contribution in [0.1, 0.15) is 52.9 Å². The molecule has 118 valence electrons.